The summed E-state index contributed by atoms with van der Waals surface area (Å²) in [4.78, 5) is 25.8. The van der Waals surface area contributed by atoms with Gasteiger partial charge >= 0.3 is 0 Å². The van der Waals surface area contributed by atoms with E-state index in [0.29, 0.717) is 4.88 Å². The van der Waals surface area contributed by atoms with E-state index in [1.54, 1.807) is 0 Å². The predicted molar refractivity (Wildman–Crippen MR) is 104 cm³/mol. The first-order valence-corrected chi connectivity index (χ1v) is 9.20. The van der Waals surface area contributed by atoms with E-state index in [9.17, 15) is 9.59 Å². The molecular formula is C19H22N4O2S. The van der Waals surface area contributed by atoms with Crippen LogP contribution in [-0.4, -0.2) is 33.7 Å². The van der Waals surface area contributed by atoms with Gasteiger partial charge in [0.05, 0.1) is 22.8 Å². The Labute approximate surface area is 156 Å². The number of carbonyl (C=O) groups excluding carboxylic acids is 2. The summed E-state index contributed by atoms with van der Waals surface area (Å²) in [6, 6.07) is 11.6. The number of benzene rings is 1. The molecule has 0 fully saturated rings. The fraction of sp³-hybridized carbons (Fsp3) is 0.316. The van der Waals surface area contributed by atoms with Gasteiger partial charge in [-0.2, -0.15) is 5.10 Å². The highest BCUT2D eigenvalue weighted by Crippen LogP contribution is 2.30. The van der Waals surface area contributed by atoms with E-state index in [0.717, 1.165) is 21.6 Å². The Morgan fingerprint density at radius 1 is 1.19 bits per heavy atom. The van der Waals surface area contributed by atoms with Crippen molar-refractivity contribution in [2.45, 2.75) is 33.2 Å². The van der Waals surface area contributed by atoms with Crippen molar-refractivity contribution >= 4 is 33.4 Å². The Kier molecular flexibility index (Phi) is 4.82. The fourth-order valence-electron chi connectivity index (χ4n) is 2.61. The number of nitrogens with one attached hydrogen (secondary N) is 2. The van der Waals surface area contributed by atoms with Gasteiger partial charge in [0.15, 0.2) is 0 Å². The Bertz CT molecular complexity index is 951. The molecule has 0 unspecified atom stereocenters. The molecule has 0 bridgehead atoms. The Balaban J connectivity index is 1.79. The van der Waals surface area contributed by atoms with Gasteiger partial charge in [0.1, 0.15) is 4.83 Å². The Morgan fingerprint density at radius 2 is 1.88 bits per heavy atom. The molecule has 0 radical (unpaired) electrons. The molecule has 2 amide bonds. The number of fused-ring (bicyclic) bond motifs is 1. The summed E-state index contributed by atoms with van der Waals surface area (Å²) in [6.07, 6.45) is 0. The largest absolute Gasteiger partial charge is 0.350 e. The van der Waals surface area contributed by atoms with Gasteiger partial charge in [-0.15, -0.1) is 11.3 Å². The maximum Gasteiger partial charge on any atom is 0.261 e. The molecule has 0 aliphatic heterocycles. The zero-order valence-electron chi connectivity index (χ0n) is 15.3. The Morgan fingerprint density at radius 3 is 2.54 bits per heavy atom. The van der Waals surface area contributed by atoms with Crippen LogP contribution in [0.5, 0.6) is 0 Å². The van der Waals surface area contributed by atoms with Crippen LogP contribution >= 0.6 is 11.3 Å². The lowest BCUT2D eigenvalue weighted by Gasteiger charge is -2.20. The number of carbonyl (C=O) groups is 2. The molecule has 26 heavy (non-hydrogen) atoms. The van der Waals surface area contributed by atoms with Crippen molar-refractivity contribution in [1.82, 2.24) is 20.4 Å². The molecule has 3 rings (SSSR count). The van der Waals surface area contributed by atoms with Crippen molar-refractivity contribution in [3.05, 3.63) is 47.0 Å². The zero-order chi connectivity index (χ0) is 18.9. The second-order valence-corrected chi connectivity index (χ2v) is 8.17. The number of thiophene rings is 1. The standard InChI is InChI=1S/C19H22N4O2S/c1-12-14-10-15(17(25)20-11-16(24)21-19(2,3)4)26-18(14)23(22-12)13-8-6-5-7-9-13/h5-10H,11H2,1-4H3,(H,20,25)(H,21,24). The third-order valence-corrected chi connectivity index (χ3v) is 4.80. The van der Waals surface area contributed by atoms with Crippen LogP contribution in [0, 0.1) is 6.92 Å². The molecule has 0 saturated carbocycles. The van der Waals surface area contributed by atoms with Crippen LogP contribution in [0.1, 0.15) is 36.1 Å². The van der Waals surface area contributed by atoms with Crippen LogP contribution < -0.4 is 10.6 Å². The van der Waals surface area contributed by atoms with E-state index in [-0.39, 0.29) is 23.9 Å². The van der Waals surface area contributed by atoms with Crippen LogP contribution in [0.2, 0.25) is 0 Å². The molecular weight excluding hydrogens is 348 g/mol. The highest BCUT2D eigenvalue weighted by atomic mass is 32.1. The summed E-state index contributed by atoms with van der Waals surface area (Å²) in [5.74, 6) is -0.465. The van der Waals surface area contributed by atoms with Crippen molar-refractivity contribution in [3.63, 3.8) is 0 Å². The lowest BCUT2D eigenvalue weighted by molar-refractivity contribution is -0.121. The summed E-state index contributed by atoms with van der Waals surface area (Å²) in [5, 5.41) is 11.0. The zero-order valence-corrected chi connectivity index (χ0v) is 16.1. The number of rotatable bonds is 4. The monoisotopic (exact) mass is 370 g/mol. The van der Waals surface area contributed by atoms with Crippen molar-refractivity contribution < 1.29 is 9.59 Å². The third-order valence-electron chi connectivity index (χ3n) is 3.69. The molecule has 6 nitrogen and oxygen atoms in total. The normalized spacial score (nSPS) is 11.5. The lowest BCUT2D eigenvalue weighted by atomic mass is 10.1. The summed E-state index contributed by atoms with van der Waals surface area (Å²) in [7, 11) is 0. The summed E-state index contributed by atoms with van der Waals surface area (Å²) >= 11 is 1.37. The molecule has 0 atom stereocenters. The number of hydrogen-bond donors (Lipinski definition) is 2. The molecule has 2 aromatic heterocycles. The second-order valence-electron chi connectivity index (χ2n) is 7.14. The van der Waals surface area contributed by atoms with Crippen LogP contribution in [0.25, 0.3) is 15.9 Å². The molecule has 3 aromatic rings. The summed E-state index contributed by atoms with van der Waals surface area (Å²) < 4.78 is 1.85. The van der Waals surface area contributed by atoms with Crippen molar-refractivity contribution in [2.75, 3.05) is 6.54 Å². The summed E-state index contributed by atoms with van der Waals surface area (Å²) in [6.45, 7) is 7.57. The first kappa shape index (κ1) is 18.1. The summed E-state index contributed by atoms with van der Waals surface area (Å²) in [5.41, 5.74) is 1.49. The number of amides is 2. The number of hydrogen-bond acceptors (Lipinski definition) is 4. The average molecular weight is 370 g/mol. The van der Waals surface area contributed by atoms with Crippen LogP contribution in [-0.2, 0) is 4.79 Å². The van der Waals surface area contributed by atoms with Crippen molar-refractivity contribution in [2.24, 2.45) is 0 Å². The van der Waals surface area contributed by atoms with Gasteiger partial charge in [-0.05, 0) is 45.9 Å². The highest BCUT2D eigenvalue weighted by molar-refractivity contribution is 7.20. The van der Waals surface area contributed by atoms with E-state index in [1.165, 1.54) is 11.3 Å². The lowest BCUT2D eigenvalue weighted by Crippen LogP contribution is -2.45. The average Bonchev–Trinajstić information content (AvgIpc) is 3.13. The minimum atomic E-state index is -0.324. The first-order valence-electron chi connectivity index (χ1n) is 8.38. The maximum atomic E-state index is 12.4. The molecule has 7 heteroatoms. The predicted octanol–water partition coefficient (Wildman–Crippen LogP) is 3.04. The fourth-order valence-corrected chi connectivity index (χ4v) is 3.71. The molecule has 2 heterocycles. The third kappa shape index (κ3) is 3.94. The van der Waals surface area contributed by atoms with E-state index in [1.807, 2.05) is 68.8 Å². The number of para-hydroxylation sites is 1. The van der Waals surface area contributed by atoms with E-state index in [4.69, 9.17) is 0 Å². The van der Waals surface area contributed by atoms with Crippen molar-refractivity contribution in [1.29, 1.82) is 0 Å². The Hall–Kier alpha value is -2.67. The van der Waals surface area contributed by atoms with Crippen LogP contribution in [0.15, 0.2) is 36.4 Å². The van der Waals surface area contributed by atoms with Gasteiger partial charge in [0.2, 0.25) is 5.91 Å². The van der Waals surface area contributed by atoms with Gasteiger partial charge in [-0.1, -0.05) is 18.2 Å². The number of aryl methyl sites for hydroxylation is 1. The topological polar surface area (TPSA) is 76.0 Å². The molecule has 0 aliphatic carbocycles. The van der Waals surface area contributed by atoms with Gasteiger partial charge in [0, 0.05) is 10.9 Å². The molecule has 1 aromatic carbocycles. The molecule has 2 N–H and O–H groups in total. The maximum absolute atomic E-state index is 12.4. The molecule has 0 aliphatic rings. The number of aromatic nitrogens is 2. The first-order chi connectivity index (χ1) is 12.2. The van der Waals surface area contributed by atoms with Gasteiger partial charge in [-0.25, -0.2) is 4.68 Å². The minimum absolute atomic E-state index is 0.0475. The molecule has 0 spiro atoms. The van der Waals surface area contributed by atoms with E-state index < -0.39 is 0 Å². The van der Waals surface area contributed by atoms with Crippen molar-refractivity contribution in [3.8, 4) is 5.69 Å². The number of nitrogens with zero attached hydrogens (tertiary/aromatic N) is 2. The van der Waals surface area contributed by atoms with Gasteiger partial charge < -0.3 is 10.6 Å². The SMILES string of the molecule is Cc1nn(-c2ccccc2)c2sc(C(=O)NCC(=O)NC(C)(C)C)cc12. The highest BCUT2D eigenvalue weighted by Gasteiger charge is 2.18. The quantitative estimate of drug-likeness (QED) is 0.741. The minimum Gasteiger partial charge on any atom is -0.350 e. The second kappa shape index (κ2) is 6.92. The van der Waals surface area contributed by atoms with Crippen LogP contribution in [0.4, 0.5) is 0 Å². The molecule has 0 saturated heterocycles. The van der Waals surface area contributed by atoms with Gasteiger partial charge in [-0.3, -0.25) is 9.59 Å². The van der Waals surface area contributed by atoms with E-state index >= 15 is 0 Å². The van der Waals surface area contributed by atoms with Crippen LogP contribution in [0.3, 0.4) is 0 Å². The van der Waals surface area contributed by atoms with Gasteiger partial charge in [0.25, 0.3) is 5.91 Å². The smallest absolute Gasteiger partial charge is 0.261 e. The van der Waals surface area contributed by atoms with E-state index in [2.05, 4.69) is 15.7 Å². The molecule has 136 valence electrons.